The van der Waals surface area contributed by atoms with Crippen LogP contribution in [0.1, 0.15) is 46.0 Å². The first-order valence-corrected chi connectivity index (χ1v) is 5.58. The molecule has 14 heavy (non-hydrogen) atoms. The van der Waals surface area contributed by atoms with Gasteiger partial charge in [-0.15, -0.1) is 0 Å². The molecular weight excluding hydrogens is 178 g/mol. The average molecular weight is 199 g/mol. The second-order valence-electron chi connectivity index (χ2n) is 4.25. The quantitative estimate of drug-likeness (QED) is 0.687. The SMILES string of the molecule is CCCC1(CCC)CC(=O)OC1CN. The topological polar surface area (TPSA) is 52.3 Å². The van der Waals surface area contributed by atoms with Crippen LogP contribution in [0.4, 0.5) is 0 Å². The van der Waals surface area contributed by atoms with Crippen molar-refractivity contribution in [3.05, 3.63) is 0 Å². The average Bonchev–Trinajstić information content (AvgIpc) is 2.43. The highest BCUT2D eigenvalue weighted by molar-refractivity contribution is 5.73. The summed E-state index contributed by atoms with van der Waals surface area (Å²) in [7, 11) is 0. The Morgan fingerprint density at radius 2 is 2.00 bits per heavy atom. The first kappa shape index (κ1) is 11.5. The lowest BCUT2D eigenvalue weighted by Crippen LogP contribution is -2.36. The predicted octanol–water partition coefficient (Wildman–Crippen LogP) is 1.85. The van der Waals surface area contributed by atoms with Gasteiger partial charge in [0.05, 0.1) is 6.42 Å². The third kappa shape index (κ3) is 2.08. The first-order valence-electron chi connectivity index (χ1n) is 5.58. The highest BCUT2D eigenvalue weighted by Crippen LogP contribution is 2.43. The summed E-state index contributed by atoms with van der Waals surface area (Å²) in [5, 5.41) is 0. The van der Waals surface area contributed by atoms with Crippen LogP contribution in [-0.4, -0.2) is 18.6 Å². The minimum absolute atomic E-state index is 0.0370. The second kappa shape index (κ2) is 4.78. The zero-order valence-electron chi connectivity index (χ0n) is 9.21. The molecule has 1 unspecified atom stereocenters. The molecule has 0 aromatic rings. The summed E-state index contributed by atoms with van der Waals surface area (Å²) in [6, 6.07) is 0. The maximum absolute atomic E-state index is 11.3. The van der Waals surface area contributed by atoms with Crippen molar-refractivity contribution >= 4 is 5.97 Å². The van der Waals surface area contributed by atoms with Crippen LogP contribution >= 0.6 is 0 Å². The van der Waals surface area contributed by atoms with E-state index in [0.717, 1.165) is 25.7 Å². The Balaban J connectivity index is 2.77. The van der Waals surface area contributed by atoms with Crippen molar-refractivity contribution in [2.24, 2.45) is 11.1 Å². The summed E-state index contributed by atoms with van der Waals surface area (Å²) in [5.41, 5.74) is 5.69. The number of esters is 1. The van der Waals surface area contributed by atoms with Gasteiger partial charge in [-0.05, 0) is 12.8 Å². The number of ether oxygens (including phenoxy) is 1. The van der Waals surface area contributed by atoms with E-state index < -0.39 is 0 Å². The molecule has 0 aliphatic carbocycles. The molecule has 0 amide bonds. The van der Waals surface area contributed by atoms with Crippen molar-refractivity contribution in [2.45, 2.75) is 52.1 Å². The van der Waals surface area contributed by atoms with Crippen LogP contribution in [0.5, 0.6) is 0 Å². The fraction of sp³-hybridized carbons (Fsp3) is 0.909. The van der Waals surface area contributed by atoms with Crippen molar-refractivity contribution in [1.82, 2.24) is 0 Å². The standard InChI is InChI=1S/C11H21NO2/c1-3-5-11(6-4-2)7-10(13)14-9(11)8-12/h9H,3-8,12H2,1-2H3. The maximum Gasteiger partial charge on any atom is 0.306 e. The van der Waals surface area contributed by atoms with Gasteiger partial charge in [-0.3, -0.25) is 4.79 Å². The molecule has 0 radical (unpaired) electrons. The van der Waals surface area contributed by atoms with Crippen LogP contribution in [0.25, 0.3) is 0 Å². The molecule has 1 aliphatic heterocycles. The highest BCUT2D eigenvalue weighted by Gasteiger charge is 2.46. The molecule has 1 fully saturated rings. The molecule has 1 aliphatic rings. The van der Waals surface area contributed by atoms with Gasteiger partial charge in [-0.1, -0.05) is 26.7 Å². The number of carbonyl (C=O) groups excluding carboxylic acids is 1. The van der Waals surface area contributed by atoms with Crippen LogP contribution in [-0.2, 0) is 9.53 Å². The summed E-state index contributed by atoms with van der Waals surface area (Å²) in [4.78, 5) is 11.3. The molecule has 82 valence electrons. The van der Waals surface area contributed by atoms with E-state index in [0.29, 0.717) is 13.0 Å². The Kier molecular flexibility index (Phi) is 3.93. The molecular formula is C11H21NO2. The van der Waals surface area contributed by atoms with Crippen LogP contribution in [0.2, 0.25) is 0 Å². The van der Waals surface area contributed by atoms with Gasteiger partial charge in [0.15, 0.2) is 0 Å². The van der Waals surface area contributed by atoms with Crippen molar-refractivity contribution in [2.75, 3.05) is 6.54 Å². The highest BCUT2D eigenvalue weighted by atomic mass is 16.6. The number of rotatable bonds is 5. The van der Waals surface area contributed by atoms with Gasteiger partial charge in [0.25, 0.3) is 0 Å². The molecule has 1 rings (SSSR count). The summed E-state index contributed by atoms with van der Waals surface area (Å²) in [5.74, 6) is -0.0673. The third-order valence-corrected chi connectivity index (χ3v) is 3.16. The maximum atomic E-state index is 11.3. The van der Waals surface area contributed by atoms with Gasteiger partial charge in [-0.2, -0.15) is 0 Å². The first-order chi connectivity index (χ1) is 6.68. The van der Waals surface area contributed by atoms with E-state index in [1.807, 2.05) is 0 Å². The van der Waals surface area contributed by atoms with Crippen LogP contribution < -0.4 is 5.73 Å². The van der Waals surface area contributed by atoms with Crippen LogP contribution in [0, 0.1) is 5.41 Å². The number of carbonyl (C=O) groups is 1. The van der Waals surface area contributed by atoms with Crippen molar-refractivity contribution in [3.63, 3.8) is 0 Å². The molecule has 1 heterocycles. The van der Waals surface area contributed by atoms with E-state index in [2.05, 4.69) is 13.8 Å². The predicted molar refractivity (Wildman–Crippen MR) is 55.8 cm³/mol. The van der Waals surface area contributed by atoms with Crippen molar-refractivity contribution in [3.8, 4) is 0 Å². The van der Waals surface area contributed by atoms with E-state index in [1.165, 1.54) is 0 Å². The molecule has 0 aromatic heterocycles. The fourth-order valence-electron chi connectivity index (χ4n) is 2.64. The zero-order valence-corrected chi connectivity index (χ0v) is 9.21. The van der Waals surface area contributed by atoms with E-state index in [-0.39, 0.29) is 17.5 Å². The van der Waals surface area contributed by atoms with E-state index >= 15 is 0 Å². The lowest BCUT2D eigenvalue weighted by Gasteiger charge is -2.31. The van der Waals surface area contributed by atoms with E-state index in [4.69, 9.17) is 10.5 Å². The van der Waals surface area contributed by atoms with Crippen LogP contribution in [0.15, 0.2) is 0 Å². The summed E-state index contributed by atoms with van der Waals surface area (Å²) < 4.78 is 5.27. The summed E-state index contributed by atoms with van der Waals surface area (Å²) in [6.45, 7) is 4.76. The van der Waals surface area contributed by atoms with E-state index in [9.17, 15) is 4.79 Å². The smallest absolute Gasteiger partial charge is 0.306 e. The Morgan fingerprint density at radius 1 is 1.43 bits per heavy atom. The van der Waals surface area contributed by atoms with Crippen LogP contribution in [0.3, 0.4) is 0 Å². The van der Waals surface area contributed by atoms with Crippen molar-refractivity contribution in [1.29, 1.82) is 0 Å². The van der Waals surface area contributed by atoms with Gasteiger partial charge in [0, 0.05) is 12.0 Å². The summed E-state index contributed by atoms with van der Waals surface area (Å²) in [6.07, 6.45) is 4.80. The fourth-order valence-corrected chi connectivity index (χ4v) is 2.64. The molecule has 1 saturated heterocycles. The molecule has 0 aromatic carbocycles. The molecule has 1 atom stereocenters. The third-order valence-electron chi connectivity index (χ3n) is 3.16. The van der Waals surface area contributed by atoms with Gasteiger partial charge >= 0.3 is 5.97 Å². The Morgan fingerprint density at radius 3 is 2.43 bits per heavy atom. The molecule has 0 spiro atoms. The molecule has 3 nitrogen and oxygen atoms in total. The minimum Gasteiger partial charge on any atom is -0.460 e. The minimum atomic E-state index is -0.0673. The largest absolute Gasteiger partial charge is 0.460 e. The molecule has 2 N–H and O–H groups in total. The Labute approximate surface area is 86.0 Å². The van der Waals surface area contributed by atoms with Gasteiger partial charge < -0.3 is 10.5 Å². The molecule has 0 saturated carbocycles. The zero-order chi connectivity index (χ0) is 10.6. The Hall–Kier alpha value is -0.570. The lowest BCUT2D eigenvalue weighted by atomic mass is 9.73. The molecule has 0 bridgehead atoms. The second-order valence-corrected chi connectivity index (χ2v) is 4.25. The monoisotopic (exact) mass is 199 g/mol. The number of nitrogens with two attached hydrogens (primary N) is 1. The number of hydrogen-bond donors (Lipinski definition) is 1. The van der Waals surface area contributed by atoms with Gasteiger partial charge in [-0.25, -0.2) is 0 Å². The van der Waals surface area contributed by atoms with Gasteiger partial charge in [0.2, 0.25) is 0 Å². The molecule has 3 heteroatoms. The van der Waals surface area contributed by atoms with E-state index in [1.54, 1.807) is 0 Å². The lowest BCUT2D eigenvalue weighted by molar-refractivity contribution is -0.141. The number of hydrogen-bond acceptors (Lipinski definition) is 3. The number of cyclic esters (lactones) is 1. The van der Waals surface area contributed by atoms with Gasteiger partial charge in [0.1, 0.15) is 6.10 Å². The normalized spacial score (nSPS) is 25.1. The van der Waals surface area contributed by atoms with Crippen molar-refractivity contribution < 1.29 is 9.53 Å². The Bertz CT molecular complexity index is 197. The summed E-state index contributed by atoms with van der Waals surface area (Å²) >= 11 is 0.